The molecule has 4 nitrogen and oxygen atoms in total. The van der Waals surface area contributed by atoms with E-state index in [1.165, 1.54) is 17.7 Å². The lowest BCUT2D eigenvalue weighted by molar-refractivity contribution is -0.115. The van der Waals surface area contributed by atoms with E-state index in [9.17, 15) is 9.18 Å². The summed E-state index contributed by atoms with van der Waals surface area (Å²) in [4.78, 5) is 17.3. The summed E-state index contributed by atoms with van der Waals surface area (Å²) in [5, 5.41) is 2.93. The number of carbonyl (C=O) groups is 1. The second-order valence-corrected chi connectivity index (χ2v) is 7.57. The Balaban J connectivity index is 1.38. The molecule has 2 aromatic heterocycles. The van der Waals surface area contributed by atoms with Crippen molar-refractivity contribution in [2.24, 2.45) is 0 Å². The Labute approximate surface area is 185 Å². The van der Waals surface area contributed by atoms with Gasteiger partial charge in [0.15, 0.2) is 5.65 Å². The molecule has 1 amide bonds. The SMILES string of the molecule is O=C(Cc1ccc(F)cc1)Nc1cccn2cc(-c3ccc(-c4ccccc4)cc3)nc12. The number of nitrogens with one attached hydrogen (secondary N) is 1. The van der Waals surface area contributed by atoms with Crippen molar-refractivity contribution in [1.29, 1.82) is 0 Å². The number of hydrogen-bond donors (Lipinski definition) is 1. The van der Waals surface area contributed by atoms with E-state index in [1.807, 2.05) is 47.1 Å². The van der Waals surface area contributed by atoms with Gasteiger partial charge in [-0.15, -0.1) is 0 Å². The molecule has 0 fully saturated rings. The number of rotatable bonds is 5. The Morgan fingerprint density at radius 3 is 2.25 bits per heavy atom. The summed E-state index contributed by atoms with van der Waals surface area (Å²) < 4.78 is 15.0. The van der Waals surface area contributed by atoms with Crippen LogP contribution in [0.25, 0.3) is 28.0 Å². The summed E-state index contributed by atoms with van der Waals surface area (Å²) in [7, 11) is 0. The fourth-order valence-corrected chi connectivity index (χ4v) is 3.70. The molecule has 5 aromatic rings. The molecule has 0 bridgehead atoms. The third kappa shape index (κ3) is 4.14. The molecular formula is C27H20FN3O. The van der Waals surface area contributed by atoms with Crippen LogP contribution in [0, 0.1) is 5.82 Å². The highest BCUT2D eigenvalue weighted by atomic mass is 19.1. The van der Waals surface area contributed by atoms with Gasteiger partial charge in [-0.25, -0.2) is 9.37 Å². The topological polar surface area (TPSA) is 46.4 Å². The maximum atomic E-state index is 13.1. The van der Waals surface area contributed by atoms with E-state index in [0.29, 0.717) is 11.3 Å². The first kappa shape index (κ1) is 19.7. The van der Waals surface area contributed by atoms with Crippen molar-refractivity contribution >= 4 is 17.2 Å². The molecule has 1 N–H and O–H groups in total. The summed E-state index contributed by atoms with van der Waals surface area (Å²) in [5.74, 6) is -0.498. The minimum absolute atomic E-state index is 0.163. The van der Waals surface area contributed by atoms with Crippen molar-refractivity contribution in [2.45, 2.75) is 6.42 Å². The maximum absolute atomic E-state index is 13.1. The lowest BCUT2D eigenvalue weighted by Gasteiger charge is -2.06. The molecule has 3 aromatic carbocycles. The first-order chi connectivity index (χ1) is 15.7. The number of amides is 1. The lowest BCUT2D eigenvalue weighted by Crippen LogP contribution is -2.15. The van der Waals surface area contributed by atoms with E-state index in [1.54, 1.807) is 12.1 Å². The summed E-state index contributed by atoms with van der Waals surface area (Å²) in [5.41, 5.74) is 6.18. The monoisotopic (exact) mass is 421 g/mol. The van der Waals surface area contributed by atoms with Gasteiger partial charge in [0.05, 0.1) is 17.8 Å². The highest BCUT2D eigenvalue weighted by Crippen LogP contribution is 2.26. The van der Waals surface area contributed by atoms with Crippen molar-refractivity contribution in [3.05, 3.63) is 115 Å². The average Bonchev–Trinajstić information content (AvgIpc) is 3.27. The predicted octanol–water partition coefficient (Wildman–Crippen LogP) is 5.99. The molecule has 0 unspecified atom stereocenters. The number of aromatic nitrogens is 2. The molecule has 0 saturated carbocycles. The molecule has 0 spiro atoms. The number of pyridine rings is 1. The average molecular weight is 421 g/mol. The minimum Gasteiger partial charge on any atom is -0.323 e. The maximum Gasteiger partial charge on any atom is 0.228 e. The van der Waals surface area contributed by atoms with Crippen molar-refractivity contribution in [3.8, 4) is 22.4 Å². The molecule has 0 aliphatic rings. The first-order valence-corrected chi connectivity index (χ1v) is 10.3. The number of anilines is 1. The summed E-state index contributed by atoms with van der Waals surface area (Å²) in [6.45, 7) is 0. The van der Waals surface area contributed by atoms with Gasteiger partial charge in [0.2, 0.25) is 5.91 Å². The third-order valence-electron chi connectivity index (χ3n) is 5.32. The highest BCUT2D eigenvalue weighted by Gasteiger charge is 2.11. The molecule has 0 aliphatic heterocycles. The lowest BCUT2D eigenvalue weighted by atomic mass is 10.0. The molecular weight excluding hydrogens is 401 g/mol. The standard InChI is InChI=1S/C27H20FN3O/c28-23-14-8-19(9-15-23)17-26(32)29-24-7-4-16-31-18-25(30-27(24)31)22-12-10-21(11-13-22)20-5-2-1-3-6-20/h1-16,18H,17H2,(H,29,32). The number of carbonyl (C=O) groups excluding carboxylic acids is 1. The minimum atomic E-state index is -0.319. The van der Waals surface area contributed by atoms with Gasteiger partial charge >= 0.3 is 0 Å². The number of hydrogen-bond acceptors (Lipinski definition) is 2. The molecule has 0 aliphatic carbocycles. The molecule has 0 atom stereocenters. The van der Waals surface area contributed by atoms with Crippen molar-refractivity contribution in [2.75, 3.05) is 5.32 Å². The molecule has 5 rings (SSSR count). The first-order valence-electron chi connectivity index (χ1n) is 10.3. The van der Waals surface area contributed by atoms with Crippen LogP contribution in [-0.4, -0.2) is 15.3 Å². The molecule has 5 heteroatoms. The zero-order valence-corrected chi connectivity index (χ0v) is 17.2. The molecule has 0 saturated heterocycles. The largest absolute Gasteiger partial charge is 0.323 e. The van der Waals surface area contributed by atoms with Crippen LogP contribution in [-0.2, 0) is 11.2 Å². The summed E-state index contributed by atoms with van der Waals surface area (Å²) in [6.07, 6.45) is 4.01. The number of imidazole rings is 1. The van der Waals surface area contributed by atoms with Crippen LogP contribution < -0.4 is 5.32 Å². The predicted molar refractivity (Wildman–Crippen MR) is 125 cm³/mol. The molecule has 0 radical (unpaired) electrons. The smallest absolute Gasteiger partial charge is 0.228 e. The molecule has 156 valence electrons. The van der Waals surface area contributed by atoms with Gasteiger partial charge in [0.25, 0.3) is 0 Å². The number of nitrogens with zero attached hydrogens (tertiary/aromatic N) is 2. The van der Waals surface area contributed by atoms with Crippen molar-refractivity contribution in [3.63, 3.8) is 0 Å². The Bertz CT molecular complexity index is 1370. The number of benzene rings is 3. The summed E-state index contributed by atoms with van der Waals surface area (Å²) in [6, 6.07) is 28.1. The second kappa shape index (κ2) is 8.47. The van der Waals surface area contributed by atoms with Crippen LogP contribution >= 0.6 is 0 Å². The Hall–Kier alpha value is -4.25. The van der Waals surface area contributed by atoms with E-state index in [0.717, 1.165) is 22.4 Å². The van der Waals surface area contributed by atoms with E-state index in [4.69, 9.17) is 4.98 Å². The van der Waals surface area contributed by atoms with Crippen molar-refractivity contribution in [1.82, 2.24) is 9.38 Å². The van der Waals surface area contributed by atoms with Crippen LogP contribution in [0.4, 0.5) is 10.1 Å². The Morgan fingerprint density at radius 2 is 1.50 bits per heavy atom. The van der Waals surface area contributed by atoms with Crippen LogP contribution in [0.15, 0.2) is 103 Å². The van der Waals surface area contributed by atoms with Gasteiger partial charge in [-0.3, -0.25) is 4.79 Å². The van der Waals surface area contributed by atoms with Gasteiger partial charge < -0.3 is 9.72 Å². The molecule has 32 heavy (non-hydrogen) atoms. The van der Waals surface area contributed by atoms with E-state index >= 15 is 0 Å². The van der Waals surface area contributed by atoms with Crippen LogP contribution in [0.1, 0.15) is 5.56 Å². The van der Waals surface area contributed by atoms with Gasteiger partial charge in [0, 0.05) is 18.0 Å². The van der Waals surface area contributed by atoms with E-state index < -0.39 is 0 Å². The van der Waals surface area contributed by atoms with Crippen LogP contribution in [0.2, 0.25) is 0 Å². The van der Waals surface area contributed by atoms with E-state index in [-0.39, 0.29) is 18.1 Å². The van der Waals surface area contributed by atoms with Crippen molar-refractivity contribution < 1.29 is 9.18 Å². The third-order valence-corrected chi connectivity index (χ3v) is 5.32. The normalized spacial score (nSPS) is 10.9. The van der Waals surface area contributed by atoms with Gasteiger partial charge in [-0.1, -0.05) is 66.7 Å². The van der Waals surface area contributed by atoms with Gasteiger partial charge in [-0.2, -0.15) is 0 Å². The molecule has 2 heterocycles. The fraction of sp³-hybridized carbons (Fsp3) is 0.0370. The quantitative estimate of drug-likeness (QED) is 0.379. The number of fused-ring (bicyclic) bond motifs is 1. The Morgan fingerprint density at radius 1 is 0.812 bits per heavy atom. The zero-order valence-electron chi connectivity index (χ0n) is 17.2. The van der Waals surface area contributed by atoms with Crippen LogP contribution in [0.3, 0.4) is 0 Å². The summed E-state index contributed by atoms with van der Waals surface area (Å²) >= 11 is 0. The Kier molecular flexibility index (Phi) is 5.22. The highest BCUT2D eigenvalue weighted by molar-refractivity contribution is 5.95. The second-order valence-electron chi connectivity index (χ2n) is 7.57. The zero-order chi connectivity index (χ0) is 21.9. The van der Waals surface area contributed by atoms with Gasteiger partial charge in [0.1, 0.15) is 5.82 Å². The fourth-order valence-electron chi connectivity index (χ4n) is 3.70. The van der Waals surface area contributed by atoms with Gasteiger partial charge in [-0.05, 0) is 41.0 Å². The van der Waals surface area contributed by atoms with E-state index in [2.05, 4.69) is 41.7 Å². The van der Waals surface area contributed by atoms with Crippen LogP contribution in [0.5, 0.6) is 0 Å². The number of halogens is 1.